The molecule has 0 radical (unpaired) electrons. The largest absolute Gasteiger partial charge is 0.491 e. The summed E-state index contributed by atoms with van der Waals surface area (Å²) in [6.45, 7) is 7.76. The molecule has 6 heteroatoms. The van der Waals surface area contributed by atoms with Gasteiger partial charge in [0.15, 0.2) is 0 Å². The lowest BCUT2D eigenvalue weighted by Gasteiger charge is -2.10. The van der Waals surface area contributed by atoms with Gasteiger partial charge in [-0.3, -0.25) is 9.59 Å². The van der Waals surface area contributed by atoms with E-state index in [0.717, 1.165) is 10.4 Å². The highest BCUT2D eigenvalue weighted by atomic mass is 32.1. The minimum Gasteiger partial charge on any atom is -0.491 e. The molecular formula is C18H22N2O3S. The molecule has 0 saturated carbocycles. The smallest absolute Gasteiger partial charge is 0.256 e. The third-order valence-electron chi connectivity index (χ3n) is 3.52. The van der Waals surface area contributed by atoms with Crippen LogP contribution in [-0.2, 0) is 6.42 Å². The number of aryl methyl sites for hydroxylation is 1. The molecule has 1 aromatic carbocycles. The molecule has 1 heterocycles. The van der Waals surface area contributed by atoms with Crippen molar-refractivity contribution in [2.24, 2.45) is 5.73 Å². The van der Waals surface area contributed by atoms with Crippen LogP contribution in [-0.4, -0.2) is 17.9 Å². The number of primary amides is 1. The number of carbonyl (C=O) groups is 2. The van der Waals surface area contributed by atoms with Crippen molar-refractivity contribution in [1.82, 2.24) is 0 Å². The number of anilines is 1. The molecule has 0 spiro atoms. The molecule has 128 valence electrons. The average Bonchev–Trinajstić information content (AvgIpc) is 2.82. The van der Waals surface area contributed by atoms with Crippen molar-refractivity contribution in [3.63, 3.8) is 0 Å². The van der Waals surface area contributed by atoms with Gasteiger partial charge in [0.1, 0.15) is 10.8 Å². The fourth-order valence-corrected chi connectivity index (χ4v) is 3.63. The Morgan fingerprint density at radius 1 is 1.25 bits per heavy atom. The van der Waals surface area contributed by atoms with E-state index in [2.05, 4.69) is 5.32 Å². The normalized spacial score (nSPS) is 10.7. The summed E-state index contributed by atoms with van der Waals surface area (Å²) in [5.41, 5.74) is 7.28. The van der Waals surface area contributed by atoms with E-state index in [-0.39, 0.29) is 12.0 Å². The van der Waals surface area contributed by atoms with Crippen molar-refractivity contribution in [3.8, 4) is 5.75 Å². The average molecular weight is 346 g/mol. The molecule has 0 saturated heterocycles. The van der Waals surface area contributed by atoms with Gasteiger partial charge in [0, 0.05) is 10.4 Å². The SMILES string of the molecule is CCc1c(C)sc(NC(=O)c2ccc(OC(C)C)cc2)c1C(N)=O. The molecule has 3 N–H and O–H groups in total. The summed E-state index contributed by atoms with van der Waals surface area (Å²) >= 11 is 1.37. The minimum atomic E-state index is -0.521. The predicted octanol–water partition coefficient (Wildman–Crippen LogP) is 3.76. The van der Waals surface area contributed by atoms with E-state index >= 15 is 0 Å². The van der Waals surface area contributed by atoms with Crippen molar-refractivity contribution in [2.45, 2.75) is 40.2 Å². The summed E-state index contributed by atoms with van der Waals surface area (Å²) in [6, 6.07) is 6.89. The van der Waals surface area contributed by atoms with Crippen LogP contribution in [0.15, 0.2) is 24.3 Å². The minimum absolute atomic E-state index is 0.0735. The Bertz CT molecular complexity index is 748. The van der Waals surface area contributed by atoms with Crippen LogP contribution < -0.4 is 15.8 Å². The topological polar surface area (TPSA) is 81.4 Å². The second-order valence-corrected chi connectivity index (χ2v) is 6.93. The Hall–Kier alpha value is -2.34. The number of benzene rings is 1. The number of thiophene rings is 1. The zero-order valence-electron chi connectivity index (χ0n) is 14.3. The maximum atomic E-state index is 12.4. The third-order valence-corrected chi connectivity index (χ3v) is 4.59. The highest BCUT2D eigenvalue weighted by Gasteiger charge is 2.20. The Balaban J connectivity index is 2.22. The number of hydrogen-bond donors (Lipinski definition) is 2. The van der Waals surface area contributed by atoms with Crippen LogP contribution in [0.2, 0.25) is 0 Å². The first kappa shape index (κ1) is 18.0. The van der Waals surface area contributed by atoms with Gasteiger partial charge in [-0.1, -0.05) is 6.92 Å². The second-order valence-electron chi connectivity index (χ2n) is 5.70. The maximum Gasteiger partial charge on any atom is 0.256 e. The molecule has 0 aliphatic rings. The van der Waals surface area contributed by atoms with Crippen LogP contribution >= 0.6 is 11.3 Å². The van der Waals surface area contributed by atoms with Crippen LogP contribution in [0, 0.1) is 6.92 Å². The Kier molecular flexibility index (Phi) is 5.62. The molecule has 0 aliphatic carbocycles. The Labute approximate surface area is 145 Å². The number of amides is 2. The first-order chi connectivity index (χ1) is 11.3. The third kappa shape index (κ3) is 3.94. The summed E-state index contributed by atoms with van der Waals surface area (Å²) in [6.07, 6.45) is 0.766. The molecule has 2 aromatic rings. The van der Waals surface area contributed by atoms with E-state index in [4.69, 9.17) is 10.5 Å². The molecule has 0 aliphatic heterocycles. The molecule has 24 heavy (non-hydrogen) atoms. The zero-order chi connectivity index (χ0) is 17.9. The standard InChI is InChI=1S/C18H22N2O3S/c1-5-14-11(4)24-18(15(14)16(19)21)20-17(22)12-6-8-13(9-7-12)23-10(2)3/h6-10H,5H2,1-4H3,(H2,19,21)(H,20,22). The number of carbonyl (C=O) groups excluding carboxylic acids is 2. The summed E-state index contributed by atoms with van der Waals surface area (Å²) in [7, 11) is 0. The molecule has 2 rings (SSSR count). The van der Waals surface area contributed by atoms with Gasteiger partial charge in [-0.25, -0.2) is 0 Å². The van der Waals surface area contributed by atoms with Crippen LogP contribution in [0.25, 0.3) is 0 Å². The van der Waals surface area contributed by atoms with E-state index < -0.39 is 5.91 Å². The van der Waals surface area contributed by atoms with E-state index in [1.54, 1.807) is 24.3 Å². The quantitative estimate of drug-likeness (QED) is 0.835. The summed E-state index contributed by atoms with van der Waals surface area (Å²) < 4.78 is 5.56. The number of nitrogens with one attached hydrogen (secondary N) is 1. The molecular weight excluding hydrogens is 324 g/mol. The van der Waals surface area contributed by atoms with Crippen LogP contribution in [0.4, 0.5) is 5.00 Å². The van der Waals surface area contributed by atoms with Crippen LogP contribution in [0.5, 0.6) is 5.75 Å². The van der Waals surface area contributed by atoms with Crippen molar-refractivity contribution in [1.29, 1.82) is 0 Å². The Morgan fingerprint density at radius 3 is 2.38 bits per heavy atom. The van der Waals surface area contributed by atoms with Gasteiger partial charge in [-0.2, -0.15) is 0 Å². The van der Waals surface area contributed by atoms with Gasteiger partial charge >= 0.3 is 0 Å². The lowest BCUT2D eigenvalue weighted by atomic mass is 10.1. The highest BCUT2D eigenvalue weighted by Crippen LogP contribution is 2.33. The monoisotopic (exact) mass is 346 g/mol. The van der Waals surface area contributed by atoms with Gasteiger partial charge in [0.25, 0.3) is 11.8 Å². The fourth-order valence-electron chi connectivity index (χ4n) is 2.49. The summed E-state index contributed by atoms with van der Waals surface area (Å²) in [4.78, 5) is 25.2. The number of ether oxygens (including phenoxy) is 1. The second kappa shape index (κ2) is 7.49. The first-order valence-corrected chi connectivity index (χ1v) is 8.65. The van der Waals surface area contributed by atoms with E-state index in [1.165, 1.54) is 11.3 Å². The van der Waals surface area contributed by atoms with Gasteiger partial charge in [-0.05, 0) is 57.0 Å². The number of hydrogen-bond acceptors (Lipinski definition) is 4. The molecule has 0 unspecified atom stereocenters. The molecule has 5 nitrogen and oxygen atoms in total. The number of nitrogens with two attached hydrogens (primary N) is 1. The van der Waals surface area contributed by atoms with Crippen LogP contribution in [0.1, 0.15) is 51.9 Å². The summed E-state index contributed by atoms with van der Waals surface area (Å²) in [5, 5.41) is 3.31. The molecule has 1 aromatic heterocycles. The van der Waals surface area contributed by atoms with Crippen molar-refractivity contribution in [3.05, 3.63) is 45.8 Å². The first-order valence-electron chi connectivity index (χ1n) is 7.83. The highest BCUT2D eigenvalue weighted by molar-refractivity contribution is 7.16. The zero-order valence-corrected chi connectivity index (χ0v) is 15.1. The molecule has 0 bridgehead atoms. The van der Waals surface area contributed by atoms with Crippen molar-refractivity contribution < 1.29 is 14.3 Å². The van der Waals surface area contributed by atoms with Gasteiger partial charge < -0.3 is 15.8 Å². The van der Waals surface area contributed by atoms with Crippen molar-refractivity contribution in [2.75, 3.05) is 5.32 Å². The van der Waals surface area contributed by atoms with E-state index in [0.29, 0.717) is 28.3 Å². The van der Waals surface area contributed by atoms with E-state index in [1.807, 2.05) is 27.7 Å². The van der Waals surface area contributed by atoms with E-state index in [9.17, 15) is 9.59 Å². The molecule has 0 atom stereocenters. The van der Waals surface area contributed by atoms with Gasteiger partial charge in [0.05, 0.1) is 11.7 Å². The Morgan fingerprint density at radius 2 is 1.88 bits per heavy atom. The van der Waals surface area contributed by atoms with Crippen LogP contribution in [0.3, 0.4) is 0 Å². The number of rotatable bonds is 6. The lowest BCUT2D eigenvalue weighted by Crippen LogP contribution is -2.18. The lowest BCUT2D eigenvalue weighted by molar-refractivity contribution is 0.100. The molecule has 2 amide bonds. The maximum absolute atomic E-state index is 12.4. The fraction of sp³-hybridized carbons (Fsp3) is 0.333. The van der Waals surface area contributed by atoms with Gasteiger partial charge in [-0.15, -0.1) is 11.3 Å². The van der Waals surface area contributed by atoms with Gasteiger partial charge in [0.2, 0.25) is 0 Å². The summed E-state index contributed by atoms with van der Waals surface area (Å²) in [5.74, 6) is -0.0932. The molecule has 0 fully saturated rings. The van der Waals surface area contributed by atoms with Crippen molar-refractivity contribution >= 4 is 28.2 Å². The predicted molar refractivity (Wildman–Crippen MR) is 97.1 cm³/mol.